The van der Waals surface area contributed by atoms with E-state index < -0.39 is 0 Å². The second-order valence-electron chi connectivity index (χ2n) is 3.50. The number of aromatic nitrogens is 3. The van der Waals surface area contributed by atoms with E-state index in [1.165, 1.54) is 0 Å². The van der Waals surface area contributed by atoms with Crippen LogP contribution in [0.4, 0.5) is 11.5 Å². The number of hydrogen-bond acceptors (Lipinski definition) is 4. The molecular formula is C11H13N5S. The van der Waals surface area contributed by atoms with Crippen molar-refractivity contribution >= 4 is 28.7 Å². The van der Waals surface area contributed by atoms with Crippen LogP contribution in [0.15, 0.2) is 30.7 Å². The van der Waals surface area contributed by atoms with Crippen molar-refractivity contribution in [1.82, 2.24) is 14.8 Å². The summed E-state index contributed by atoms with van der Waals surface area (Å²) in [5, 5.41) is 7.31. The van der Waals surface area contributed by atoms with Crippen LogP contribution in [-0.4, -0.2) is 19.8 Å². The highest BCUT2D eigenvalue weighted by Gasteiger charge is 2.01. The van der Waals surface area contributed by atoms with Gasteiger partial charge in [0.15, 0.2) is 0 Å². The molecule has 2 aromatic rings. The summed E-state index contributed by atoms with van der Waals surface area (Å²) in [5.41, 5.74) is 7.24. The molecule has 0 aromatic carbocycles. The summed E-state index contributed by atoms with van der Waals surface area (Å²) < 4.78 is 1.83. The van der Waals surface area contributed by atoms with Crippen LogP contribution in [0.3, 0.4) is 0 Å². The quantitative estimate of drug-likeness (QED) is 0.804. The van der Waals surface area contributed by atoms with Crippen molar-refractivity contribution in [2.24, 2.45) is 5.73 Å². The molecule has 0 saturated heterocycles. The van der Waals surface area contributed by atoms with Gasteiger partial charge in [-0.2, -0.15) is 5.10 Å². The van der Waals surface area contributed by atoms with E-state index in [4.69, 9.17) is 18.0 Å². The number of pyridine rings is 1. The molecule has 5 nitrogen and oxygen atoms in total. The first-order valence-corrected chi connectivity index (χ1v) is 5.65. The average molecular weight is 247 g/mol. The van der Waals surface area contributed by atoms with E-state index in [1.54, 1.807) is 18.5 Å². The van der Waals surface area contributed by atoms with Gasteiger partial charge < -0.3 is 11.1 Å². The maximum atomic E-state index is 5.56. The number of nitrogens with one attached hydrogen (secondary N) is 1. The number of thiocarbonyl (C=S) groups is 1. The molecule has 0 atom stereocenters. The topological polar surface area (TPSA) is 68.8 Å². The Labute approximate surface area is 105 Å². The Morgan fingerprint density at radius 3 is 3.06 bits per heavy atom. The minimum atomic E-state index is 0.361. The number of anilines is 2. The van der Waals surface area contributed by atoms with E-state index in [0.29, 0.717) is 10.8 Å². The first kappa shape index (κ1) is 11.5. The molecule has 0 aliphatic heterocycles. The third-order valence-electron chi connectivity index (χ3n) is 2.27. The molecule has 0 fully saturated rings. The van der Waals surface area contributed by atoms with Gasteiger partial charge in [-0.25, -0.2) is 4.98 Å². The summed E-state index contributed by atoms with van der Waals surface area (Å²) >= 11 is 4.91. The van der Waals surface area contributed by atoms with Gasteiger partial charge in [-0.1, -0.05) is 12.2 Å². The summed E-state index contributed by atoms with van der Waals surface area (Å²) in [6, 6.07) is 3.59. The Hall–Kier alpha value is -1.95. The van der Waals surface area contributed by atoms with Crippen molar-refractivity contribution in [3.63, 3.8) is 0 Å². The number of aryl methyl sites for hydroxylation is 1. The fraction of sp³-hybridized carbons (Fsp3) is 0.182. The van der Waals surface area contributed by atoms with E-state index in [1.807, 2.05) is 23.9 Å². The predicted octanol–water partition coefficient (Wildman–Crippen LogP) is 1.68. The number of hydrogen-bond donors (Lipinski definition) is 2. The van der Waals surface area contributed by atoms with Crippen LogP contribution < -0.4 is 11.1 Å². The zero-order valence-corrected chi connectivity index (χ0v) is 10.2. The molecule has 0 aliphatic carbocycles. The van der Waals surface area contributed by atoms with E-state index in [0.717, 1.165) is 17.8 Å². The molecule has 0 radical (unpaired) electrons. The van der Waals surface area contributed by atoms with Gasteiger partial charge in [0.25, 0.3) is 0 Å². The lowest BCUT2D eigenvalue weighted by Gasteiger charge is -2.04. The minimum Gasteiger partial charge on any atom is -0.389 e. The Kier molecular flexibility index (Phi) is 3.34. The maximum Gasteiger partial charge on any atom is 0.131 e. The minimum absolute atomic E-state index is 0.361. The highest BCUT2D eigenvalue weighted by Crippen LogP contribution is 2.14. The second-order valence-corrected chi connectivity index (χ2v) is 3.94. The lowest BCUT2D eigenvalue weighted by atomic mass is 10.2. The maximum absolute atomic E-state index is 5.56. The molecule has 17 heavy (non-hydrogen) atoms. The van der Waals surface area contributed by atoms with Crippen LogP contribution in [0.5, 0.6) is 0 Å². The largest absolute Gasteiger partial charge is 0.389 e. The SMILES string of the molecule is CCn1cc(Nc2cc(C(N)=S)ccn2)cn1. The zero-order valence-electron chi connectivity index (χ0n) is 9.42. The summed E-state index contributed by atoms with van der Waals surface area (Å²) in [5.74, 6) is 0.700. The molecule has 0 saturated carbocycles. The van der Waals surface area contributed by atoms with Crippen molar-refractivity contribution in [3.05, 3.63) is 36.3 Å². The van der Waals surface area contributed by atoms with Gasteiger partial charge in [0.1, 0.15) is 10.8 Å². The van der Waals surface area contributed by atoms with Gasteiger partial charge in [0.05, 0.1) is 11.9 Å². The van der Waals surface area contributed by atoms with Crippen LogP contribution in [0.25, 0.3) is 0 Å². The molecule has 0 unspecified atom stereocenters. The van der Waals surface area contributed by atoms with E-state index in [-0.39, 0.29) is 0 Å². The smallest absolute Gasteiger partial charge is 0.131 e. The molecule has 2 rings (SSSR count). The van der Waals surface area contributed by atoms with E-state index in [9.17, 15) is 0 Å². The fourth-order valence-corrected chi connectivity index (χ4v) is 1.53. The van der Waals surface area contributed by atoms with Gasteiger partial charge in [0, 0.05) is 24.5 Å². The number of nitrogens with zero attached hydrogens (tertiary/aromatic N) is 3. The molecule has 6 heteroatoms. The van der Waals surface area contributed by atoms with Crippen molar-refractivity contribution in [2.45, 2.75) is 13.5 Å². The second kappa shape index (κ2) is 4.92. The normalized spacial score (nSPS) is 10.2. The standard InChI is InChI=1S/C11H13N5S/c1-2-16-7-9(6-14-16)15-10-5-8(11(12)17)3-4-13-10/h3-7H,2H2,1H3,(H2,12,17)(H,13,15). The molecule has 3 N–H and O–H groups in total. The van der Waals surface area contributed by atoms with Gasteiger partial charge in [-0.05, 0) is 19.1 Å². The van der Waals surface area contributed by atoms with Crippen molar-refractivity contribution in [1.29, 1.82) is 0 Å². The van der Waals surface area contributed by atoms with Crippen molar-refractivity contribution in [3.8, 4) is 0 Å². The third-order valence-corrected chi connectivity index (χ3v) is 2.51. The van der Waals surface area contributed by atoms with Gasteiger partial charge >= 0.3 is 0 Å². The molecule has 0 spiro atoms. The van der Waals surface area contributed by atoms with Crippen LogP contribution in [0, 0.1) is 0 Å². The van der Waals surface area contributed by atoms with Crippen LogP contribution in [0.1, 0.15) is 12.5 Å². The lowest BCUT2D eigenvalue weighted by Crippen LogP contribution is -2.09. The molecule has 0 aliphatic rings. The summed E-state index contributed by atoms with van der Waals surface area (Å²) in [6.45, 7) is 2.87. The molecule has 2 heterocycles. The summed E-state index contributed by atoms with van der Waals surface area (Å²) in [7, 11) is 0. The highest BCUT2D eigenvalue weighted by atomic mass is 32.1. The van der Waals surface area contributed by atoms with Crippen LogP contribution in [0.2, 0.25) is 0 Å². The van der Waals surface area contributed by atoms with Crippen LogP contribution >= 0.6 is 12.2 Å². The van der Waals surface area contributed by atoms with Crippen LogP contribution in [-0.2, 0) is 6.54 Å². The fourth-order valence-electron chi connectivity index (χ4n) is 1.40. The summed E-state index contributed by atoms with van der Waals surface area (Å²) in [4.78, 5) is 4.55. The Morgan fingerprint density at radius 2 is 2.41 bits per heavy atom. The predicted molar refractivity (Wildman–Crippen MR) is 71.3 cm³/mol. The number of rotatable bonds is 4. The van der Waals surface area contributed by atoms with E-state index in [2.05, 4.69) is 15.4 Å². The average Bonchev–Trinajstić information content (AvgIpc) is 2.77. The first-order chi connectivity index (χ1) is 8.19. The monoisotopic (exact) mass is 247 g/mol. The lowest BCUT2D eigenvalue weighted by molar-refractivity contribution is 0.660. The Bertz CT molecular complexity index is 534. The van der Waals surface area contributed by atoms with Gasteiger partial charge in [-0.15, -0.1) is 0 Å². The highest BCUT2D eigenvalue weighted by molar-refractivity contribution is 7.80. The molecule has 0 amide bonds. The molecule has 0 bridgehead atoms. The Morgan fingerprint density at radius 1 is 1.59 bits per heavy atom. The van der Waals surface area contributed by atoms with Crippen molar-refractivity contribution < 1.29 is 0 Å². The van der Waals surface area contributed by atoms with Gasteiger partial charge in [0.2, 0.25) is 0 Å². The number of nitrogens with two attached hydrogens (primary N) is 1. The van der Waals surface area contributed by atoms with Crippen molar-refractivity contribution in [2.75, 3.05) is 5.32 Å². The molecule has 88 valence electrons. The molecule has 2 aromatic heterocycles. The van der Waals surface area contributed by atoms with Gasteiger partial charge in [-0.3, -0.25) is 4.68 Å². The molecular weight excluding hydrogens is 234 g/mol. The zero-order chi connectivity index (χ0) is 12.3. The Balaban J connectivity index is 2.18. The summed E-state index contributed by atoms with van der Waals surface area (Å²) in [6.07, 6.45) is 5.33. The first-order valence-electron chi connectivity index (χ1n) is 5.24. The van der Waals surface area contributed by atoms with E-state index >= 15 is 0 Å². The third kappa shape index (κ3) is 2.79.